The molecule has 25 heavy (non-hydrogen) atoms. The number of nitrogens with zero attached hydrogens (tertiary/aromatic N) is 3. The number of urea groups is 1. The molecule has 134 valence electrons. The lowest BCUT2D eigenvalue weighted by Crippen LogP contribution is -2.48. The fraction of sp³-hybridized carbons (Fsp3) is 0.375. The minimum Gasteiger partial charge on any atom is -0.461 e. The first-order valence-corrected chi connectivity index (χ1v) is 8.61. The Morgan fingerprint density at radius 1 is 1.40 bits per heavy atom. The Morgan fingerprint density at radius 2 is 2.16 bits per heavy atom. The summed E-state index contributed by atoms with van der Waals surface area (Å²) >= 11 is 1.18. The average Bonchev–Trinajstić information content (AvgIpc) is 3.12. The standard InChI is InChI=1S/C16H21N5O3S/c1-5-8-21-13(11-7-6-9-24-11)19-20-15(21)25-10-12(22)17-14(23)18-16(2,3)4/h5-7,9H,1,8,10H2,2-4H3,(H2,17,18,22,23). The highest BCUT2D eigenvalue weighted by atomic mass is 32.2. The lowest BCUT2D eigenvalue weighted by molar-refractivity contribution is -0.117. The molecular formula is C16H21N5O3S. The second kappa shape index (κ2) is 8.02. The zero-order chi connectivity index (χ0) is 18.4. The summed E-state index contributed by atoms with van der Waals surface area (Å²) < 4.78 is 7.14. The molecule has 0 radical (unpaired) electrons. The van der Waals surface area contributed by atoms with Gasteiger partial charge in [0, 0.05) is 12.1 Å². The van der Waals surface area contributed by atoms with Crippen LogP contribution in [0, 0.1) is 0 Å². The van der Waals surface area contributed by atoms with Gasteiger partial charge in [0.25, 0.3) is 0 Å². The molecule has 2 rings (SSSR count). The van der Waals surface area contributed by atoms with Gasteiger partial charge in [-0.15, -0.1) is 16.8 Å². The van der Waals surface area contributed by atoms with Crippen LogP contribution in [0.25, 0.3) is 11.6 Å². The molecule has 3 amide bonds. The topological polar surface area (TPSA) is 102 Å². The summed E-state index contributed by atoms with van der Waals surface area (Å²) in [6.07, 6.45) is 3.26. The van der Waals surface area contributed by atoms with Crippen LogP contribution in [-0.2, 0) is 11.3 Å². The Hall–Kier alpha value is -2.55. The van der Waals surface area contributed by atoms with Crippen molar-refractivity contribution in [3.8, 4) is 11.6 Å². The second-order valence-electron chi connectivity index (χ2n) is 6.22. The second-order valence-corrected chi connectivity index (χ2v) is 7.17. The van der Waals surface area contributed by atoms with Crippen molar-refractivity contribution in [2.24, 2.45) is 0 Å². The first-order valence-electron chi connectivity index (χ1n) is 7.63. The van der Waals surface area contributed by atoms with Crippen molar-refractivity contribution in [2.75, 3.05) is 5.75 Å². The van der Waals surface area contributed by atoms with E-state index in [-0.39, 0.29) is 5.75 Å². The van der Waals surface area contributed by atoms with E-state index < -0.39 is 17.5 Å². The molecular weight excluding hydrogens is 342 g/mol. The van der Waals surface area contributed by atoms with Crippen LogP contribution in [0.2, 0.25) is 0 Å². The molecule has 0 aromatic carbocycles. The fourth-order valence-corrected chi connectivity index (χ4v) is 2.69. The Kier molecular flexibility index (Phi) is 6.02. The number of imide groups is 1. The lowest BCUT2D eigenvalue weighted by Gasteiger charge is -2.20. The number of furan rings is 1. The minimum atomic E-state index is -0.526. The molecule has 2 aromatic heterocycles. The van der Waals surface area contributed by atoms with Gasteiger partial charge in [0.05, 0.1) is 12.0 Å². The quantitative estimate of drug-likeness (QED) is 0.604. The average molecular weight is 363 g/mol. The zero-order valence-electron chi connectivity index (χ0n) is 14.4. The van der Waals surface area contributed by atoms with Gasteiger partial charge in [-0.3, -0.25) is 14.7 Å². The van der Waals surface area contributed by atoms with E-state index in [4.69, 9.17) is 4.42 Å². The van der Waals surface area contributed by atoms with Gasteiger partial charge in [-0.25, -0.2) is 4.79 Å². The largest absolute Gasteiger partial charge is 0.461 e. The maximum atomic E-state index is 11.9. The van der Waals surface area contributed by atoms with Crippen LogP contribution in [0.4, 0.5) is 4.79 Å². The third kappa shape index (κ3) is 5.49. The summed E-state index contributed by atoms with van der Waals surface area (Å²) in [6.45, 7) is 9.69. The molecule has 0 bridgehead atoms. The highest BCUT2D eigenvalue weighted by molar-refractivity contribution is 7.99. The van der Waals surface area contributed by atoms with Crippen LogP contribution in [0.15, 0.2) is 40.6 Å². The van der Waals surface area contributed by atoms with Crippen LogP contribution < -0.4 is 10.6 Å². The molecule has 0 saturated heterocycles. The molecule has 2 heterocycles. The van der Waals surface area contributed by atoms with Crippen LogP contribution in [0.3, 0.4) is 0 Å². The molecule has 0 atom stereocenters. The Labute approximate surface area is 150 Å². The van der Waals surface area contributed by atoms with E-state index in [1.54, 1.807) is 29.0 Å². The molecule has 0 aliphatic rings. The van der Waals surface area contributed by atoms with Crippen LogP contribution in [0.5, 0.6) is 0 Å². The summed E-state index contributed by atoms with van der Waals surface area (Å²) in [5.41, 5.74) is -0.417. The van der Waals surface area contributed by atoms with Gasteiger partial charge in [0.2, 0.25) is 11.7 Å². The summed E-state index contributed by atoms with van der Waals surface area (Å²) in [7, 11) is 0. The van der Waals surface area contributed by atoms with Gasteiger partial charge in [0.1, 0.15) is 0 Å². The molecule has 0 aliphatic heterocycles. The minimum absolute atomic E-state index is 0.0327. The van der Waals surface area contributed by atoms with Crippen molar-refractivity contribution in [2.45, 2.75) is 38.0 Å². The predicted molar refractivity (Wildman–Crippen MR) is 95.1 cm³/mol. The highest BCUT2D eigenvalue weighted by Crippen LogP contribution is 2.24. The third-order valence-corrected chi connectivity index (χ3v) is 3.81. The van der Waals surface area contributed by atoms with Crippen molar-refractivity contribution >= 4 is 23.7 Å². The van der Waals surface area contributed by atoms with Crippen molar-refractivity contribution in [3.05, 3.63) is 31.1 Å². The van der Waals surface area contributed by atoms with Gasteiger partial charge in [-0.2, -0.15) is 0 Å². The van der Waals surface area contributed by atoms with E-state index in [2.05, 4.69) is 27.4 Å². The Balaban J connectivity index is 2.00. The van der Waals surface area contributed by atoms with E-state index >= 15 is 0 Å². The summed E-state index contributed by atoms with van der Waals surface area (Å²) in [5, 5.41) is 13.7. The molecule has 2 N–H and O–H groups in total. The maximum absolute atomic E-state index is 11.9. The lowest BCUT2D eigenvalue weighted by atomic mass is 10.1. The highest BCUT2D eigenvalue weighted by Gasteiger charge is 2.18. The smallest absolute Gasteiger partial charge is 0.321 e. The zero-order valence-corrected chi connectivity index (χ0v) is 15.2. The molecule has 0 unspecified atom stereocenters. The molecule has 0 fully saturated rings. The maximum Gasteiger partial charge on any atom is 0.321 e. The Morgan fingerprint density at radius 3 is 2.76 bits per heavy atom. The number of allylic oxidation sites excluding steroid dienone is 1. The van der Waals surface area contributed by atoms with E-state index in [1.807, 2.05) is 20.8 Å². The van der Waals surface area contributed by atoms with Gasteiger partial charge >= 0.3 is 6.03 Å². The molecule has 0 saturated carbocycles. The van der Waals surface area contributed by atoms with Crippen LogP contribution in [0.1, 0.15) is 20.8 Å². The summed E-state index contributed by atoms with van der Waals surface area (Å²) in [4.78, 5) is 23.6. The van der Waals surface area contributed by atoms with E-state index in [0.29, 0.717) is 23.3 Å². The van der Waals surface area contributed by atoms with Gasteiger partial charge in [0.15, 0.2) is 10.9 Å². The Bertz CT molecular complexity index is 746. The number of carbonyl (C=O) groups excluding carboxylic acids is 2. The monoisotopic (exact) mass is 363 g/mol. The SMILES string of the molecule is C=CCn1c(SCC(=O)NC(=O)NC(C)(C)C)nnc1-c1ccco1. The number of rotatable bonds is 6. The van der Waals surface area contributed by atoms with Crippen molar-refractivity contribution in [1.82, 2.24) is 25.4 Å². The fourth-order valence-electron chi connectivity index (χ4n) is 1.94. The third-order valence-electron chi connectivity index (χ3n) is 2.84. The first-order chi connectivity index (χ1) is 11.8. The molecule has 2 aromatic rings. The van der Waals surface area contributed by atoms with Gasteiger partial charge in [-0.05, 0) is 32.9 Å². The number of amides is 3. The first kappa shape index (κ1) is 18.8. The molecule has 0 spiro atoms. The predicted octanol–water partition coefficient (Wildman–Crippen LogP) is 2.44. The van der Waals surface area contributed by atoms with E-state index in [1.165, 1.54) is 11.8 Å². The number of hydrogen-bond donors (Lipinski definition) is 2. The van der Waals surface area contributed by atoms with Gasteiger partial charge < -0.3 is 9.73 Å². The number of aromatic nitrogens is 3. The summed E-state index contributed by atoms with van der Waals surface area (Å²) in [5.74, 6) is 0.748. The number of carbonyl (C=O) groups is 2. The van der Waals surface area contributed by atoms with Gasteiger partial charge in [-0.1, -0.05) is 17.8 Å². The van der Waals surface area contributed by atoms with Crippen molar-refractivity contribution in [1.29, 1.82) is 0 Å². The van der Waals surface area contributed by atoms with Crippen LogP contribution in [-0.4, -0.2) is 38.0 Å². The van der Waals surface area contributed by atoms with Crippen molar-refractivity contribution in [3.63, 3.8) is 0 Å². The number of thioether (sulfide) groups is 1. The van der Waals surface area contributed by atoms with Crippen molar-refractivity contribution < 1.29 is 14.0 Å². The van der Waals surface area contributed by atoms with E-state index in [9.17, 15) is 9.59 Å². The number of nitrogens with one attached hydrogen (secondary N) is 2. The molecule has 0 aliphatic carbocycles. The van der Waals surface area contributed by atoms with E-state index in [0.717, 1.165) is 0 Å². The van der Waals surface area contributed by atoms with Crippen LogP contribution >= 0.6 is 11.8 Å². The molecule has 8 nitrogen and oxygen atoms in total. The molecule has 9 heteroatoms. The normalized spacial score (nSPS) is 11.2. The number of hydrogen-bond acceptors (Lipinski definition) is 6. The summed E-state index contributed by atoms with van der Waals surface area (Å²) in [6, 6.07) is 3.01.